The Kier molecular flexibility index (Phi) is 7.61. The molecule has 0 aliphatic heterocycles. The van der Waals surface area contributed by atoms with Gasteiger partial charge < -0.3 is 8.85 Å². The van der Waals surface area contributed by atoms with Gasteiger partial charge in [-0.3, -0.25) is 0 Å². The van der Waals surface area contributed by atoms with Crippen LogP contribution >= 0.6 is 0 Å². The van der Waals surface area contributed by atoms with E-state index in [4.69, 9.17) is 8.85 Å². The molecule has 0 fully saturated rings. The largest absolute Gasteiger partial charge is 0.398 e. The highest BCUT2D eigenvalue weighted by Gasteiger charge is 2.21. The molecule has 0 rings (SSSR count). The summed E-state index contributed by atoms with van der Waals surface area (Å²) in [6.07, 6.45) is 6.47. The van der Waals surface area contributed by atoms with Gasteiger partial charge in [0.1, 0.15) is 0 Å². The Balaban J connectivity index is 3.16. The lowest BCUT2D eigenvalue weighted by molar-refractivity contribution is 0.206. The predicted octanol–water partition coefficient (Wildman–Crippen LogP) is 3.32. The van der Waals surface area contributed by atoms with Crippen molar-refractivity contribution in [3.8, 4) is 0 Å². The molecular weight excluding hydrogens is 180 g/mol. The minimum atomic E-state index is -1.75. The predicted molar refractivity (Wildman–Crippen MR) is 59.2 cm³/mol. The maximum Gasteiger partial charge on any atom is 0.331 e. The summed E-state index contributed by atoms with van der Waals surface area (Å²) >= 11 is 0. The Hall–Kier alpha value is 0.137. The van der Waals surface area contributed by atoms with Gasteiger partial charge in [0.25, 0.3) is 0 Å². The molecule has 80 valence electrons. The van der Waals surface area contributed by atoms with Crippen LogP contribution in [0.15, 0.2) is 0 Å². The van der Waals surface area contributed by atoms with Crippen LogP contribution in [0.25, 0.3) is 0 Å². The molecule has 0 aromatic rings. The summed E-state index contributed by atoms with van der Waals surface area (Å²) in [5, 5.41) is 0. The van der Waals surface area contributed by atoms with Crippen molar-refractivity contribution in [2.75, 3.05) is 13.7 Å². The molecule has 0 unspecified atom stereocenters. The summed E-state index contributed by atoms with van der Waals surface area (Å²) in [4.78, 5) is 0. The summed E-state index contributed by atoms with van der Waals surface area (Å²) in [5.74, 6) is 0. The first-order valence-corrected chi connectivity index (χ1v) is 8.13. The second-order valence-electron chi connectivity index (χ2n) is 3.87. The van der Waals surface area contributed by atoms with E-state index in [1.165, 1.54) is 32.1 Å². The summed E-state index contributed by atoms with van der Waals surface area (Å²) in [5.41, 5.74) is 0. The van der Waals surface area contributed by atoms with Crippen molar-refractivity contribution in [2.24, 2.45) is 0 Å². The van der Waals surface area contributed by atoms with Crippen LogP contribution < -0.4 is 0 Å². The van der Waals surface area contributed by atoms with Crippen LogP contribution in [-0.4, -0.2) is 22.3 Å². The molecule has 0 N–H and O–H groups in total. The second-order valence-corrected chi connectivity index (χ2v) is 7.36. The van der Waals surface area contributed by atoms with Crippen LogP contribution in [0.5, 0.6) is 0 Å². The number of rotatable bonds is 8. The lowest BCUT2D eigenvalue weighted by atomic mass is 10.2. The zero-order valence-electron chi connectivity index (χ0n) is 9.56. The minimum absolute atomic E-state index is 0.872. The van der Waals surface area contributed by atoms with Gasteiger partial charge in [-0.1, -0.05) is 32.6 Å². The molecule has 0 amide bonds. The van der Waals surface area contributed by atoms with Crippen molar-refractivity contribution < 1.29 is 8.85 Å². The Bertz CT molecular complexity index is 115. The fraction of sp³-hybridized carbons (Fsp3) is 1.00. The molecule has 0 radical (unpaired) electrons. The van der Waals surface area contributed by atoms with Crippen molar-refractivity contribution in [1.82, 2.24) is 0 Å². The van der Waals surface area contributed by atoms with E-state index in [-0.39, 0.29) is 0 Å². The van der Waals surface area contributed by atoms with Gasteiger partial charge in [-0.15, -0.1) is 0 Å². The van der Waals surface area contributed by atoms with Crippen molar-refractivity contribution >= 4 is 8.56 Å². The molecule has 13 heavy (non-hydrogen) atoms. The number of unbranched alkanes of at least 4 members (excludes halogenated alkanes) is 4. The fourth-order valence-electron chi connectivity index (χ4n) is 1.08. The molecule has 0 heterocycles. The summed E-state index contributed by atoms with van der Waals surface area (Å²) < 4.78 is 11.0. The molecule has 0 bridgehead atoms. The van der Waals surface area contributed by atoms with E-state index in [0.29, 0.717) is 0 Å². The van der Waals surface area contributed by atoms with Crippen LogP contribution in [-0.2, 0) is 8.85 Å². The molecule has 0 aromatic carbocycles. The quantitative estimate of drug-likeness (QED) is 0.446. The minimum Gasteiger partial charge on any atom is -0.398 e. The molecular formula is C10H24O2Si. The fourth-order valence-corrected chi connectivity index (χ4v) is 1.84. The SMILES string of the molecule is CCCCCCCO[Si](C)(C)OC. The van der Waals surface area contributed by atoms with E-state index < -0.39 is 8.56 Å². The highest BCUT2D eigenvalue weighted by molar-refractivity contribution is 6.64. The molecule has 0 spiro atoms. The topological polar surface area (TPSA) is 18.5 Å². The maximum atomic E-state index is 5.68. The van der Waals surface area contributed by atoms with Crippen LogP contribution in [0.1, 0.15) is 39.0 Å². The molecule has 0 aromatic heterocycles. The number of hydrogen-bond acceptors (Lipinski definition) is 2. The van der Waals surface area contributed by atoms with Crippen molar-refractivity contribution in [3.63, 3.8) is 0 Å². The smallest absolute Gasteiger partial charge is 0.331 e. The van der Waals surface area contributed by atoms with Crippen molar-refractivity contribution in [1.29, 1.82) is 0 Å². The van der Waals surface area contributed by atoms with E-state index in [9.17, 15) is 0 Å². The lowest BCUT2D eigenvalue weighted by Crippen LogP contribution is -2.33. The molecule has 0 saturated heterocycles. The van der Waals surface area contributed by atoms with E-state index in [1.54, 1.807) is 7.11 Å². The van der Waals surface area contributed by atoms with Gasteiger partial charge in [0.15, 0.2) is 0 Å². The molecule has 2 nitrogen and oxygen atoms in total. The van der Waals surface area contributed by atoms with E-state index in [1.807, 2.05) is 0 Å². The van der Waals surface area contributed by atoms with Gasteiger partial charge in [-0.2, -0.15) is 0 Å². The standard InChI is InChI=1S/C10H24O2Si/c1-5-6-7-8-9-10-12-13(3,4)11-2/h5-10H2,1-4H3. The Morgan fingerprint density at radius 1 is 1.00 bits per heavy atom. The molecule has 3 heteroatoms. The third-order valence-electron chi connectivity index (χ3n) is 2.19. The lowest BCUT2D eigenvalue weighted by Gasteiger charge is -2.19. The second kappa shape index (κ2) is 7.53. The monoisotopic (exact) mass is 204 g/mol. The Morgan fingerprint density at radius 3 is 2.15 bits per heavy atom. The highest BCUT2D eigenvalue weighted by atomic mass is 28.4. The molecule has 0 saturated carbocycles. The first-order chi connectivity index (χ1) is 6.12. The Labute approximate surface area is 83.9 Å². The first-order valence-electron chi connectivity index (χ1n) is 5.31. The van der Waals surface area contributed by atoms with Gasteiger partial charge in [-0.05, 0) is 19.5 Å². The Morgan fingerprint density at radius 2 is 1.62 bits per heavy atom. The third kappa shape index (κ3) is 8.47. The molecule has 0 atom stereocenters. The van der Waals surface area contributed by atoms with Crippen LogP contribution in [0, 0.1) is 0 Å². The average molecular weight is 204 g/mol. The van der Waals surface area contributed by atoms with Gasteiger partial charge in [-0.25, -0.2) is 0 Å². The van der Waals surface area contributed by atoms with Crippen molar-refractivity contribution in [2.45, 2.75) is 52.1 Å². The van der Waals surface area contributed by atoms with Crippen LogP contribution in [0.2, 0.25) is 13.1 Å². The van der Waals surface area contributed by atoms with Gasteiger partial charge >= 0.3 is 8.56 Å². The third-order valence-corrected chi connectivity index (χ3v) is 4.07. The molecule has 0 aliphatic carbocycles. The van der Waals surface area contributed by atoms with Gasteiger partial charge in [0.05, 0.1) is 0 Å². The zero-order chi connectivity index (χ0) is 10.2. The van der Waals surface area contributed by atoms with E-state index in [0.717, 1.165) is 6.61 Å². The van der Waals surface area contributed by atoms with Crippen LogP contribution in [0.3, 0.4) is 0 Å². The van der Waals surface area contributed by atoms with Gasteiger partial charge in [0.2, 0.25) is 0 Å². The zero-order valence-corrected chi connectivity index (χ0v) is 10.6. The van der Waals surface area contributed by atoms with Crippen LogP contribution in [0.4, 0.5) is 0 Å². The first kappa shape index (κ1) is 13.1. The summed E-state index contributed by atoms with van der Waals surface area (Å²) in [6.45, 7) is 7.27. The summed E-state index contributed by atoms with van der Waals surface area (Å²) in [7, 11) is -0.00638. The van der Waals surface area contributed by atoms with E-state index >= 15 is 0 Å². The highest BCUT2D eigenvalue weighted by Crippen LogP contribution is 2.07. The summed E-state index contributed by atoms with van der Waals surface area (Å²) in [6, 6.07) is 0. The average Bonchev–Trinajstić information content (AvgIpc) is 2.11. The molecule has 0 aliphatic rings. The van der Waals surface area contributed by atoms with E-state index in [2.05, 4.69) is 20.0 Å². The van der Waals surface area contributed by atoms with Gasteiger partial charge in [0, 0.05) is 13.7 Å². The van der Waals surface area contributed by atoms with Crippen molar-refractivity contribution in [3.05, 3.63) is 0 Å². The normalized spacial score (nSPS) is 12.0. The maximum absolute atomic E-state index is 5.68. The number of hydrogen-bond donors (Lipinski definition) is 0.